The minimum atomic E-state index is -1.53. The van der Waals surface area contributed by atoms with Crippen LogP contribution in [0.2, 0.25) is 0 Å². The summed E-state index contributed by atoms with van der Waals surface area (Å²) in [6, 6.07) is 0. The molecule has 2 atom stereocenters. The van der Waals surface area contributed by atoms with Crippen LogP contribution in [0.1, 0.15) is 232 Å². The molecule has 9 heteroatoms. The van der Waals surface area contributed by atoms with Crippen molar-refractivity contribution in [1.29, 1.82) is 0 Å². The molecule has 0 rings (SSSR count). The quantitative estimate of drug-likeness (QED) is 0.0211. The van der Waals surface area contributed by atoms with Crippen LogP contribution in [0.15, 0.2) is 97.2 Å². The first-order chi connectivity index (χ1) is 35.6. The molecule has 0 aliphatic heterocycles. The molecular formula is C64H110NO8+. The van der Waals surface area contributed by atoms with E-state index in [1.165, 1.54) is 128 Å². The highest BCUT2D eigenvalue weighted by Gasteiger charge is 2.25. The highest BCUT2D eigenvalue weighted by molar-refractivity contribution is 5.71. The van der Waals surface area contributed by atoms with E-state index in [0.717, 1.165) is 64.2 Å². The number of nitrogens with zero attached hydrogens (tertiary/aromatic N) is 1. The number of carbonyl (C=O) groups excluding carboxylic acids is 2. The van der Waals surface area contributed by atoms with Gasteiger partial charge in [0.1, 0.15) is 13.2 Å². The largest absolute Gasteiger partial charge is 0.477 e. The van der Waals surface area contributed by atoms with Gasteiger partial charge in [-0.2, -0.15) is 0 Å². The molecule has 0 aromatic heterocycles. The molecule has 0 saturated heterocycles. The summed E-state index contributed by atoms with van der Waals surface area (Å²) in [5.41, 5.74) is 0. The molecule has 0 aliphatic rings. The van der Waals surface area contributed by atoms with E-state index >= 15 is 0 Å². The number of esters is 2. The lowest BCUT2D eigenvalue weighted by Crippen LogP contribution is -2.40. The van der Waals surface area contributed by atoms with Crippen LogP contribution in [0.25, 0.3) is 0 Å². The molecule has 0 saturated carbocycles. The number of ether oxygens (including phenoxy) is 4. The Morgan fingerprint density at radius 2 is 0.767 bits per heavy atom. The summed E-state index contributed by atoms with van der Waals surface area (Å²) in [7, 11) is 5.94. The monoisotopic (exact) mass is 1020 g/mol. The zero-order valence-corrected chi connectivity index (χ0v) is 47.5. The van der Waals surface area contributed by atoms with Gasteiger partial charge in [0, 0.05) is 12.8 Å². The fourth-order valence-corrected chi connectivity index (χ4v) is 7.90. The number of unbranched alkanes of at least 4 members (excludes halogenated alkanes) is 22. The lowest BCUT2D eigenvalue weighted by atomic mass is 10.0. The van der Waals surface area contributed by atoms with Crippen LogP contribution in [-0.2, 0) is 33.3 Å². The number of carbonyl (C=O) groups is 3. The van der Waals surface area contributed by atoms with Crippen molar-refractivity contribution in [2.45, 2.75) is 245 Å². The van der Waals surface area contributed by atoms with E-state index < -0.39 is 30.3 Å². The standard InChI is InChI=1S/C64H109NO8/c1-6-8-10-12-14-16-18-20-21-22-23-24-25-26-27-28-29-30-31-32-33-34-35-36-37-38-39-40-41-43-45-47-49-51-53-55-62(67)73-60(59-72-64(63(68)69)70-57-56-65(3,4)5)58-71-61(66)54-52-50-48-46-44-42-19-17-15-13-11-9-7-2/h8-11,14-17,20-21,23-24,42,44,48,50,60,64H,6-7,12-13,18-19,22,25-41,43,45-47,49,51-59H2,1-5H3/p+1/b10-8-,11-9-,16-14-,17-15-,21-20-,24-23-,44-42-,50-48-. The normalized spacial score (nSPS) is 13.5. The summed E-state index contributed by atoms with van der Waals surface area (Å²) in [5, 5.41) is 9.68. The van der Waals surface area contributed by atoms with Gasteiger partial charge in [0.05, 0.1) is 34.4 Å². The van der Waals surface area contributed by atoms with Crippen LogP contribution in [0.4, 0.5) is 0 Å². The van der Waals surface area contributed by atoms with Gasteiger partial charge >= 0.3 is 17.9 Å². The summed E-state index contributed by atoms with van der Waals surface area (Å²) in [5.74, 6) is -2.11. The second-order valence-corrected chi connectivity index (χ2v) is 20.5. The van der Waals surface area contributed by atoms with E-state index in [1.807, 2.05) is 33.3 Å². The van der Waals surface area contributed by atoms with Crippen LogP contribution in [-0.4, -0.2) is 87.4 Å². The van der Waals surface area contributed by atoms with E-state index in [0.29, 0.717) is 23.9 Å². The number of carboxylic acids is 1. The van der Waals surface area contributed by atoms with E-state index in [2.05, 4.69) is 98.9 Å². The van der Waals surface area contributed by atoms with Crippen molar-refractivity contribution in [1.82, 2.24) is 0 Å². The summed E-state index contributed by atoms with van der Waals surface area (Å²) in [6.07, 6.45) is 71.1. The lowest BCUT2D eigenvalue weighted by molar-refractivity contribution is -0.870. The fraction of sp³-hybridized carbons (Fsp3) is 0.703. The summed E-state index contributed by atoms with van der Waals surface area (Å²) < 4.78 is 22.7. The van der Waals surface area contributed by atoms with Gasteiger partial charge in [-0.25, -0.2) is 4.79 Å². The Morgan fingerprint density at radius 3 is 1.15 bits per heavy atom. The third-order valence-electron chi connectivity index (χ3n) is 12.3. The maximum Gasteiger partial charge on any atom is 0.361 e. The van der Waals surface area contributed by atoms with E-state index in [-0.39, 0.29) is 32.7 Å². The van der Waals surface area contributed by atoms with Crippen molar-refractivity contribution in [3.63, 3.8) is 0 Å². The van der Waals surface area contributed by atoms with Gasteiger partial charge in [-0.3, -0.25) is 9.59 Å². The molecule has 0 radical (unpaired) electrons. The average Bonchev–Trinajstić information content (AvgIpc) is 3.36. The molecule has 0 aliphatic carbocycles. The smallest absolute Gasteiger partial charge is 0.361 e. The predicted octanol–water partition coefficient (Wildman–Crippen LogP) is 17.3. The Bertz CT molecular complexity index is 1520. The number of hydrogen-bond acceptors (Lipinski definition) is 7. The minimum Gasteiger partial charge on any atom is -0.477 e. The Morgan fingerprint density at radius 1 is 0.411 bits per heavy atom. The topological polar surface area (TPSA) is 108 Å². The fourth-order valence-electron chi connectivity index (χ4n) is 7.90. The Kier molecular flexibility index (Phi) is 51.6. The second kappa shape index (κ2) is 54.5. The van der Waals surface area contributed by atoms with E-state index in [4.69, 9.17) is 18.9 Å². The Labute approximate surface area is 448 Å². The summed E-state index contributed by atoms with van der Waals surface area (Å²) in [4.78, 5) is 37.3. The maximum absolute atomic E-state index is 12.9. The molecule has 0 amide bonds. The van der Waals surface area contributed by atoms with Crippen molar-refractivity contribution in [2.75, 3.05) is 47.5 Å². The zero-order valence-electron chi connectivity index (χ0n) is 47.5. The molecule has 9 nitrogen and oxygen atoms in total. The van der Waals surface area contributed by atoms with Gasteiger partial charge in [0.2, 0.25) is 0 Å². The lowest BCUT2D eigenvalue weighted by Gasteiger charge is -2.25. The molecule has 73 heavy (non-hydrogen) atoms. The number of rotatable bonds is 53. The highest BCUT2D eigenvalue weighted by atomic mass is 16.7. The number of hydrogen-bond donors (Lipinski definition) is 1. The predicted molar refractivity (Wildman–Crippen MR) is 309 cm³/mol. The van der Waals surface area contributed by atoms with Crippen molar-refractivity contribution in [3.8, 4) is 0 Å². The number of aliphatic carboxylic acids is 1. The van der Waals surface area contributed by atoms with E-state index in [9.17, 15) is 19.5 Å². The average molecular weight is 1020 g/mol. The van der Waals surface area contributed by atoms with Gasteiger partial charge in [0.25, 0.3) is 6.29 Å². The van der Waals surface area contributed by atoms with Gasteiger partial charge in [-0.05, 0) is 77.0 Å². The van der Waals surface area contributed by atoms with Crippen molar-refractivity contribution in [3.05, 3.63) is 97.2 Å². The van der Waals surface area contributed by atoms with Crippen LogP contribution in [0.5, 0.6) is 0 Å². The van der Waals surface area contributed by atoms with Gasteiger partial charge in [-0.1, -0.05) is 239 Å². The van der Waals surface area contributed by atoms with Crippen LogP contribution in [0.3, 0.4) is 0 Å². The van der Waals surface area contributed by atoms with E-state index in [1.54, 1.807) is 0 Å². The number of carboxylic acid groups (broad SMARTS) is 1. The van der Waals surface area contributed by atoms with Crippen LogP contribution < -0.4 is 0 Å². The molecule has 0 heterocycles. The molecule has 418 valence electrons. The molecule has 0 bridgehead atoms. The third-order valence-corrected chi connectivity index (χ3v) is 12.3. The minimum absolute atomic E-state index is 0.175. The first-order valence-corrected chi connectivity index (χ1v) is 29.4. The second-order valence-electron chi connectivity index (χ2n) is 20.5. The van der Waals surface area contributed by atoms with Gasteiger partial charge in [0.15, 0.2) is 6.10 Å². The first kappa shape index (κ1) is 69.2. The number of quaternary nitrogens is 1. The SMILES string of the molecule is CC/C=C\C/C=C\C/C=C\C/C=C\CCCCCCCCCCCCCCCCCCCCCCCCC(=O)OC(COC(=O)CC/C=C\C/C=C\C/C=C\C/C=C\CC)COC(OCC[N+](C)(C)C)C(=O)O. The van der Waals surface area contributed by atoms with Crippen molar-refractivity contribution >= 4 is 17.9 Å². The summed E-state index contributed by atoms with van der Waals surface area (Å²) in [6.45, 7) is 4.56. The molecule has 2 unspecified atom stereocenters. The molecule has 0 fully saturated rings. The van der Waals surface area contributed by atoms with Crippen molar-refractivity contribution in [2.24, 2.45) is 0 Å². The van der Waals surface area contributed by atoms with Crippen LogP contribution >= 0.6 is 0 Å². The Balaban J connectivity index is 4.07. The Hall–Kier alpha value is -3.79. The molecular weight excluding hydrogens is 911 g/mol. The highest BCUT2D eigenvalue weighted by Crippen LogP contribution is 2.17. The molecule has 0 aromatic rings. The first-order valence-electron chi connectivity index (χ1n) is 29.4. The zero-order chi connectivity index (χ0) is 53.4. The van der Waals surface area contributed by atoms with Crippen molar-refractivity contribution < 1.29 is 42.9 Å². The summed E-state index contributed by atoms with van der Waals surface area (Å²) >= 11 is 0. The third kappa shape index (κ3) is 55.8. The van der Waals surface area contributed by atoms with Gasteiger partial charge < -0.3 is 28.5 Å². The molecule has 0 aromatic carbocycles. The van der Waals surface area contributed by atoms with Crippen LogP contribution in [0, 0.1) is 0 Å². The molecule has 0 spiro atoms. The van der Waals surface area contributed by atoms with Gasteiger partial charge in [-0.15, -0.1) is 0 Å². The maximum atomic E-state index is 12.9. The number of likely N-dealkylation sites (N-methyl/N-ethyl adjacent to an activating group) is 1. The molecule has 1 N–H and O–H groups in total. The number of allylic oxidation sites excluding steroid dienone is 16.